The van der Waals surface area contributed by atoms with Crippen molar-refractivity contribution in [1.29, 1.82) is 0 Å². The Morgan fingerprint density at radius 1 is 1.29 bits per heavy atom. The first-order valence-corrected chi connectivity index (χ1v) is 11.8. The number of benzene rings is 1. The van der Waals surface area contributed by atoms with Gasteiger partial charge in [0.2, 0.25) is 0 Å². The zero-order valence-corrected chi connectivity index (χ0v) is 20.1. The van der Waals surface area contributed by atoms with E-state index < -0.39 is 29.0 Å². The Hall–Kier alpha value is -3.37. The van der Waals surface area contributed by atoms with Gasteiger partial charge in [0.05, 0.1) is 21.8 Å². The summed E-state index contributed by atoms with van der Waals surface area (Å²) in [5, 5.41) is 5.43. The summed E-state index contributed by atoms with van der Waals surface area (Å²) >= 11 is 5.85. The zero-order chi connectivity index (χ0) is 25.1. The number of Topliss-reactive ketones (excluding diaryl/α,β-unsaturated/α-hetero) is 1. The van der Waals surface area contributed by atoms with Crippen LogP contribution in [0.2, 0.25) is 5.02 Å². The van der Waals surface area contributed by atoms with Gasteiger partial charge in [0.15, 0.2) is 0 Å². The van der Waals surface area contributed by atoms with Gasteiger partial charge in [0.25, 0.3) is 17.6 Å². The molecule has 2 atom stereocenters. The van der Waals surface area contributed by atoms with Crippen LogP contribution in [0.5, 0.6) is 0 Å². The number of ketones is 1. The number of carbonyl (C=O) groups excluding carboxylic acids is 3. The highest BCUT2D eigenvalue weighted by molar-refractivity contribution is 6.44. The zero-order valence-electron chi connectivity index (χ0n) is 19.3. The fraction of sp³-hybridized carbons (Fsp3) is 0.375. The lowest BCUT2D eigenvalue weighted by Gasteiger charge is -2.18. The Kier molecular flexibility index (Phi) is 5.60. The molecule has 2 fully saturated rings. The van der Waals surface area contributed by atoms with Gasteiger partial charge in [-0.05, 0) is 62.3 Å². The van der Waals surface area contributed by atoms with Crippen molar-refractivity contribution < 1.29 is 18.8 Å². The Morgan fingerprint density at radius 2 is 2.03 bits per heavy atom. The van der Waals surface area contributed by atoms with Crippen molar-refractivity contribution in [3.63, 3.8) is 0 Å². The number of amides is 2. The maximum Gasteiger partial charge on any atom is 0.293 e. The summed E-state index contributed by atoms with van der Waals surface area (Å²) in [5.41, 5.74) is 13.4. The topological polar surface area (TPSA) is 130 Å². The number of hydrogen-bond acceptors (Lipinski definition) is 6. The molecular formula is C24H26ClFN6O3. The number of hydrazine groups is 1. The minimum atomic E-state index is -0.752. The molecule has 184 valence electrons. The van der Waals surface area contributed by atoms with Crippen molar-refractivity contribution in [3.8, 4) is 0 Å². The third-order valence-electron chi connectivity index (χ3n) is 7.08. The summed E-state index contributed by atoms with van der Waals surface area (Å²) in [4.78, 5) is 39.7. The van der Waals surface area contributed by atoms with Gasteiger partial charge in [0.1, 0.15) is 11.5 Å². The van der Waals surface area contributed by atoms with Crippen molar-refractivity contribution in [2.75, 3.05) is 12.4 Å². The predicted molar refractivity (Wildman–Crippen MR) is 128 cm³/mol. The van der Waals surface area contributed by atoms with Crippen LogP contribution in [0.15, 0.2) is 30.1 Å². The van der Waals surface area contributed by atoms with E-state index >= 15 is 0 Å². The minimum absolute atomic E-state index is 0.109. The molecule has 5 rings (SSSR count). The van der Waals surface area contributed by atoms with Crippen LogP contribution in [0.4, 0.5) is 10.1 Å². The highest BCUT2D eigenvalue weighted by Gasteiger charge is 2.51. The summed E-state index contributed by atoms with van der Waals surface area (Å²) < 4.78 is 15.4. The summed E-state index contributed by atoms with van der Waals surface area (Å²) in [5.74, 6) is -2.11. The second-order valence-electron chi connectivity index (χ2n) is 9.37. The number of nitrogens with zero attached hydrogens (tertiary/aromatic N) is 1. The quantitative estimate of drug-likeness (QED) is 0.215. The van der Waals surface area contributed by atoms with Gasteiger partial charge < -0.3 is 26.4 Å². The third kappa shape index (κ3) is 3.96. The van der Waals surface area contributed by atoms with Crippen molar-refractivity contribution in [2.24, 2.45) is 11.7 Å². The fourth-order valence-corrected chi connectivity index (χ4v) is 5.17. The van der Waals surface area contributed by atoms with Crippen molar-refractivity contribution in [1.82, 2.24) is 20.7 Å². The molecule has 2 amide bonds. The number of fused-ring (bicyclic) bond motifs is 3. The SMILES string of the molecule is CNN/C=C(\N)C1(NC(=O)C(=O)c2c(C)c(C(=O)Nc3ccc(F)c(Cl)c3)n3c2C[C@H]2C[C@H]23)CC1. The van der Waals surface area contributed by atoms with Gasteiger partial charge in [-0.2, -0.15) is 0 Å². The predicted octanol–water partition coefficient (Wildman–Crippen LogP) is 2.31. The van der Waals surface area contributed by atoms with Crippen LogP contribution in [0.1, 0.15) is 57.4 Å². The summed E-state index contributed by atoms with van der Waals surface area (Å²) in [6.45, 7) is 1.67. The molecule has 2 aliphatic carbocycles. The van der Waals surface area contributed by atoms with Gasteiger partial charge >= 0.3 is 0 Å². The molecule has 2 aromatic rings. The number of nitrogens with one attached hydrogen (secondary N) is 4. The standard InChI is InChI=1S/C24H26ClFN6O3/c1-11-19(21(33)23(35)31-24(5-6-24)18(27)10-29-28-2)17-8-12-7-16(12)32(17)20(11)22(34)30-13-3-4-15(26)14(25)9-13/h3-4,9-10,12,16,28-29H,5-8,27H2,1-2H3,(H,30,34)(H,31,35)/b18-10-/t12-,16-/m1/s1. The highest BCUT2D eigenvalue weighted by Crippen LogP contribution is 2.54. The van der Waals surface area contributed by atoms with E-state index in [9.17, 15) is 18.8 Å². The molecule has 1 aromatic heterocycles. The van der Waals surface area contributed by atoms with Gasteiger partial charge in [0, 0.05) is 30.7 Å². The molecular weight excluding hydrogens is 475 g/mol. The van der Waals surface area contributed by atoms with E-state index in [0.29, 0.717) is 53.5 Å². The van der Waals surface area contributed by atoms with E-state index in [1.807, 2.05) is 4.57 Å². The maximum absolute atomic E-state index is 13.5. The summed E-state index contributed by atoms with van der Waals surface area (Å²) in [7, 11) is 1.69. The monoisotopic (exact) mass is 500 g/mol. The normalized spacial score (nSPS) is 21.1. The number of nitrogens with two attached hydrogens (primary N) is 1. The molecule has 3 aliphatic rings. The molecule has 2 heterocycles. The van der Waals surface area contributed by atoms with E-state index in [-0.39, 0.29) is 16.6 Å². The first-order valence-electron chi connectivity index (χ1n) is 11.4. The van der Waals surface area contributed by atoms with Crippen molar-refractivity contribution >= 4 is 34.9 Å². The van der Waals surface area contributed by atoms with Gasteiger partial charge in [-0.15, -0.1) is 0 Å². The van der Waals surface area contributed by atoms with Gasteiger partial charge in [-0.25, -0.2) is 9.82 Å². The molecule has 0 saturated heterocycles. The molecule has 0 spiro atoms. The van der Waals surface area contributed by atoms with Crippen LogP contribution in [-0.2, 0) is 11.2 Å². The van der Waals surface area contributed by atoms with Crippen molar-refractivity contribution in [2.45, 2.75) is 44.2 Å². The van der Waals surface area contributed by atoms with Gasteiger partial charge in [-0.1, -0.05) is 11.6 Å². The molecule has 0 bridgehead atoms. The van der Waals surface area contributed by atoms with Crippen LogP contribution in [0.25, 0.3) is 0 Å². The lowest BCUT2D eigenvalue weighted by molar-refractivity contribution is -0.117. The molecule has 6 N–H and O–H groups in total. The number of hydrogen-bond donors (Lipinski definition) is 5. The van der Waals surface area contributed by atoms with Crippen LogP contribution in [0, 0.1) is 18.7 Å². The van der Waals surface area contributed by atoms with E-state index in [4.69, 9.17) is 17.3 Å². The minimum Gasteiger partial charge on any atom is -0.399 e. The Morgan fingerprint density at radius 3 is 2.69 bits per heavy atom. The molecule has 0 radical (unpaired) electrons. The number of aromatic nitrogens is 1. The van der Waals surface area contributed by atoms with E-state index in [2.05, 4.69) is 21.5 Å². The summed E-state index contributed by atoms with van der Waals surface area (Å²) in [6, 6.07) is 4.04. The molecule has 9 nitrogen and oxygen atoms in total. The number of halogens is 2. The molecule has 1 aromatic carbocycles. The molecule has 35 heavy (non-hydrogen) atoms. The molecule has 1 aliphatic heterocycles. The van der Waals surface area contributed by atoms with E-state index in [1.165, 1.54) is 18.2 Å². The Bertz CT molecular complexity index is 1300. The van der Waals surface area contributed by atoms with Crippen LogP contribution in [-0.4, -0.2) is 34.8 Å². The average Bonchev–Trinajstić information content (AvgIpc) is 3.71. The molecule has 11 heteroatoms. The second kappa shape index (κ2) is 8.39. The lowest BCUT2D eigenvalue weighted by atomic mass is 10.0. The fourth-order valence-electron chi connectivity index (χ4n) is 4.98. The third-order valence-corrected chi connectivity index (χ3v) is 7.37. The smallest absolute Gasteiger partial charge is 0.293 e. The van der Waals surface area contributed by atoms with Crippen LogP contribution >= 0.6 is 11.6 Å². The van der Waals surface area contributed by atoms with Crippen LogP contribution < -0.4 is 27.2 Å². The first-order chi connectivity index (χ1) is 16.7. The lowest BCUT2D eigenvalue weighted by Crippen LogP contribution is -2.45. The molecule has 2 saturated carbocycles. The van der Waals surface area contributed by atoms with Crippen LogP contribution in [0.3, 0.4) is 0 Å². The average molecular weight is 501 g/mol. The van der Waals surface area contributed by atoms with E-state index in [0.717, 1.165) is 6.42 Å². The largest absolute Gasteiger partial charge is 0.399 e. The van der Waals surface area contributed by atoms with Crippen molar-refractivity contribution in [3.05, 3.63) is 63.5 Å². The Labute approximate surface area is 206 Å². The maximum atomic E-state index is 13.5. The van der Waals surface area contributed by atoms with E-state index in [1.54, 1.807) is 20.2 Å². The molecule has 0 unspecified atom stereocenters. The number of rotatable bonds is 8. The van der Waals surface area contributed by atoms with Gasteiger partial charge in [-0.3, -0.25) is 14.4 Å². The highest BCUT2D eigenvalue weighted by atomic mass is 35.5. The first kappa shape index (κ1) is 23.4. The number of anilines is 1. The number of carbonyl (C=O) groups is 3. The Balaban J connectivity index is 1.43. The second-order valence-corrected chi connectivity index (χ2v) is 9.78. The summed E-state index contributed by atoms with van der Waals surface area (Å²) in [6.07, 6.45) is 4.37.